The molecule has 1 N–H and O–H groups in total. The summed E-state index contributed by atoms with van der Waals surface area (Å²) in [5.41, 5.74) is 1.01. The Bertz CT molecular complexity index is 453. The van der Waals surface area contributed by atoms with Crippen molar-refractivity contribution in [1.82, 2.24) is 10.2 Å². The minimum absolute atomic E-state index is 0. The van der Waals surface area contributed by atoms with Gasteiger partial charge in [0, 0.05) is 25.7 Å². The van der Waals surface area contributed by atoms with E-state index in [1.54, 1.807) is 7.11 Å². The molecule has 4 nitrogen and oxygen atoms in total. The number of hydrogen-bond donors (Lipinski definition) is 1. The largest absolute Gasteiger partial charge is 0.497 e. The number of rotatable bonds is 3. The van der Waals surface area contributed by atoms with Crippen molar-refractivity contribution in [3.05, 3.63) is 29.8 Å². The summed E-state index contributed by atoms with van der Waals surface area (Å²) in [6.07, 6.45) is 0. The molecule has 0 aromatic heterocycles. The molecule has 1 saturated heterocycles. The number of benzene rings is 1. The highest BCUT2D eigenvalue weighted by Crippen LogP contribution is 2.23. The van der Waals surface area contributed by atoms with Crippen LogP contribution < -0.4 is 10.1 Å². The Hall–Kier alpha value is -1.26. The predicted octanol–water partition coefficient (Wildman–Crippen LogP) is 2.04. The van der Waals surface area contributed by atoms with Crippen LogP contribution in [0.1, 0.15) is 25.3 Å². The molecule has 1 heterocycles. The fourth-order valence-electron chi connectivity index (χ4n) is 2.47. The van der Waals surface area contributed by atoms with E-state index in [2.05, 4.69) is 12.2 Å². The van der Waals surface area contributed by atoms with Crippen LogP contribution in [-0.2, 0) is 4.79 Å². The lowest BCUT2D eigenvalue weighted by atomic mass is 9.98. The molecule has 112 valence electrons. The van der Waals surface area contributed by atoms with Crippen molar-refractivity contribution in [1.29, 1.82) is 0 Å². The molecular weight excluding hydrogens is 276 g/mol. The quantitative estimate of drug-likeness (QED) is 0.928. The lowest BCUT2D eigenvalue weighted by Crippen LogP contribution is -2.53. The fraction of sp³-hybridized carbons (Fsp3) is 0.533. The fourth-order valence-corrected chi connectivity index (χ4v) is 2.47. The van der Waals surface area contributed by atoms with Crippen LogP contribution in [0.3, 0.4) is 0 Å². The number of piperazine rings is 1. The summed E-state index contributed by atoms with van der Waals surface area (Å²) in [6.45, 7) is 6.58. The second kappa shape index (κ2) is 7.50. The van der Waals surface area contributed by atoms with Crippen molar-refractivity contribution < 1.29 is 9.53 Å². The van der Waals surface area contributed by atoms with Crippen molar-refractivity contribution in [3.63, 3.8) is 0 Å². The average molecular weight is 299 g/mol. The predicted molar refractivity (Wildman–Crippen MR) is 82.7 cm³/mol. The molecule has 0 radical (unpaired) electrons. The second-order valence-electron chi connectivity index (χ2n) is 5.08. The Morgan fingerprint density at radius 2 is 2.25 bits per heavy atom. The van der Waals surface area contributed by atoms with Gasteiger partial charge in [0.25, 0.3) is 0 Å². The van der Waals surface area contributed by atoms with Crippen molar-refractivity contribution in [3.8, 4) is 5.75 Å². The first-order valence-corrected chi connectivity index (χ1v) is 6.78. The number of nitrogens with one attached hydrogen (secondary N) is 1. The zero-order valence-corrected chi connectivity index (χ0v) is 13.1. The van der Waals surface area contributed by atoms with Crippen LogP contribution in [0.4, 0.5) is 0 Å². The van der Waals surface area contributed by atoms with Crippen LogP contribution in [0.15, 0.2) is 24.3 Å². The minimum atomic E-state index is -0.129. The van der Waals surface area contributed by atoms with Gasteiger partial charge in [-0.25, -0.2) is 0 Å². The van der Waals surface area contributed by atoms with E-state index >= 15 is 0 Å². The van der Waals surface area contributed by atoms with Crippen LogP contribution in [0.25, 0.3) is 0 Å². The number of carbonyl (C=O) groups excluding carboxylic acids is 1. The lowest BCUT2D eigenvalue weighted by Gasteiger charge is -2.35. The van der Waals surface area contributed by atoms with Crippen molar-refractivity contribution in [2.24, 2.45) is 0 Å². The molecule has 5 heteroatoms. The first kappa shape index (κ1) is 16.8. The Balaban J connectivity index is 0.00000200. The van der Waals surface area contributed by atoms with E-state index < -0.39 is 0 Å². The van der Waals surface area contributed by atoms with E-state index in [1.807, 2.05) is 36.1 Å². The van der Waals surface area contributed by atoms with Gasteiger partial charge in [0.15, 0.2) is 0 Å². The Kier molecular flexibility index (Phi) is 6.30. The van der Waals surface area contributed by atoms with Crippen LogP contribution in [0.5, 0.6) is 5.75 Å². The molecule has 0 saturated carbocycles. The van der Waals surface area contributed by atoms with E-state index in [9.17, 15) is 4.79 Å². The minimum Gasteiger partial charge on any atom is -0.497 e. The summed E-state index contributed by atoms with van der Waals surface area (Å²) in [4.78, 5) is 14.5. The van der Waals surface area contributed by atoms with E-state index in [0.29, 0.717) is 0 Å². The maximum absolute atomic E-state index is 12.6. The summed E-state index contributed by atoms with van der Waals surface area (Å²) in [6, 6.07) is 8.01. The Morgan fingerprint density at radius 1 is 1.50 bits per heavy atom. The number of halogens is 1. The smallest absolute Gasteiger partial charge is 0.230 e. The molecule has 1 amide bonds. The van der Waals surface area contributed by atoms with Crippen LogP contribution in [-0.4, -0.2) is 43.6 Å². The van der Waals surface area contributed by atoms with Crippen LogP contribution in [0, 0.1) is 0 Å². The van der Waals surface area contributed by atoms with Crippen molar-refractivity contribution >= 4 is 18.3 Å². The third kappa shape index (κ3) is 3.64. The number of amides is 1. The molecule has 0 aliphatic carbocycles. The van der Waals surface area contributed by atoms with Gasteiger partial charge in [-0.1, -0.05) is 12.1 Å². The third-order valence-electron chi connectivity index (χ3n) is 3.75. The molecule has 2 rings (SSSR count). The summed E-state index contributed by atoms with van der Waals surface area (Å²) in [5, 5.41) is 3.30. The molecule has 20 heavy (non-hydrogen) atoms. The number of carbonyl (C=O) groups is 1. The zero-order valence-electron chi connectivity index (χ0n) is 12.3. The van der Waals surface area contributed by atoms with Crippen LogP contribution >= 0.6 is 12.4 Å². The van der Waals surface area contributed by atoms with Gasteiger partial charge in [-0.05, 0) is 31.5 Å². The van der Waals surface area contributed by atoms with Crippen molar-refractivity contribution in [2.45, 2.75) is 25.8 Å². The molecule has 1 fully saturated rings. The Labute approximate surface area is 126 Å². The molecule has 1 aliphatic heterocycles. The van der Waals surface area contributed by atoms with Crippen molar-refractivity contribution in [2.75, 3.05) is 26.7 Å². The highest BCUT2D eigenvalue weighted by Gasteiger charge is 2.27. The monoisotopic (exact) mass is 298 g/mol. The van der Waals surface area contributed by atoms with Crippen LogP contribution in [0.2, 0.25) is 0 Å². The molecule has 1 aromatic rings. The van der Waals surface area contributed by atoms with Gasteiger partial charge in [-0.2, -0.15) is 0 Å². The van der Waals surface area contributed by atoms with E-state index in [4.69, 9.17) is 4.74 Å². The number of hydrogen-bond acceptors (Lipinski definition) is 3. The Morgan fingerprint density at radius 3 is 2.90 bits per heavy atom. The van der Waals surface area contributed by atoms with Gasteiger partial charge in [0.2, 0.25) is 5.91 Å². The summed E-state index contributed by atoms with van der Waals surface area (Å²) in [7, 11) is 1.64. The maximum Gasteiger partial charge on any atom is 0.230 e. The molecular formula is C15H23ClN2O2. The van der Waals surface area contributed by atoms with Gasteiger partial charge in [0.1, 0.15) is 5.75 Å². The van der Waals surface area contributed by atoms with E-state index in [-0.39, 0.29) is 30.3 Å². The molecule has 1 aromatic carbocycles. The van der Waals surface area contributed by atoms with Gasteiger partial charge < -0.3 is 15.0 Å². The van der Waals surface area contributed by atoms with Gasteiger partial charge in [-0.15, -0.1) is 12.4 Å². The molecule has 0 spiro atoms. The summed E-state index contributed by atoms with van der Waals surface area (Å²) < 4.78 is 5.22. The first-order chi connectivity index (χ1) is 9.13. The average Bonchev–Trinajstić information content (AvgIpc) is 2.46. The zero-order chi connectivity index (χ0) is 13.8. The SMILES string of the molecule is COc1cccc(C(C)C(=O)N2CCNCC2C)c1.Cl. The normalized spacial score (nSPS) is 19.9. The summed E-state index contributed by atoms with van der Waals surface area (Å²) >= 11 is 0. The first-order valence-electron chi connectivity index (χ1n) is 6.78. The summed E-state index contributed by atoms with van der Waals surface area (Å²) in [5.74, 6) is 0.864. The molecule has 2 unspecified atom stereocenters. The standard InChI is InChI=1S/C15H22N2O2.ClH/c1-11-10-16-7-8-17(11)15(18)12(2)13-5-4-6-14(9-13)19-3;/h4-6,9,11-12,16H,7-8,10H2,1-3H3;1H. The molecule has 0 bridgehead atoms. The van der Waals surface area contributed by atoms with Gasteiger partial charge in [0.05, 0.1) is 13.0 Å². The highest BCUT2D eigenvalue weighted by atomic mass is 35.5. The number of methoxy groups -OCH3 is 1. The topological polar surface area (TPSA) is 41.6 Å². The third-order valence-corrected chi connectivity index (χ3v) is 3.75. The van der Waals surface area contributed by atoms with E-state index in [0.717, 1.165) is 30.9 Å². The highest BCUT2D eigenvalue weighted by molar-refractivity contribution is 5.85. The van der Waals surface area contributed by atoms with Gasteiger partial charge >= 0.3 is 0 Å². The maximum atomic E-state index is 12.6. The molecule has 2 atom stereocenters. The number of ether oxygens (including phenoxy) is 1. The van der Waals surface area contributed by atoms with E-state index in [1.165, 1.54) is 0 Å². The lowest BCUT2D eigenvalue weighted by molar-refractivity contribution is -0.135. The van der Waals surface area contributed by atoms with Gasteiger partial charge in [-0.3, -0.25) is 4.79 Å². The second-order valence-corrected chi connectivity index (χ2v) is 5.08. The number of nitrogens with zero attached hydrogens (tertiary/aromatic N) is 1. The molecule has 1 aliphatic rings.